The lowest BCUT2D eigenvalue weighted by molar-refractivity contribution is -0.118. The number of hydrogen-bond acceptors (Lipinski definition) is 3. The minimum Gasteiger partial charge on any atom is -0.325 e. The van der Waals surface area contributed by atoms with Crippen LogP contribution in [-0.4, -0.2) is 18.0 Å². The molecule has 4 rings (SSSR count). The van der Waals surface area contributed by atoms with Crippen molar-refractivity contribution >= 4 is 34.8 Å². The van der Waals surface area contributed by atoms with Gasteiger partial charge < -0.3 is 10.6 Å². The number of carbonyl (C=O) groups is 1. The lowest BCUT2D eigenvalue weighted by atomic mass is 9.62. The second-order valence-corrected chi connectivity index (χ2v) is 11.5. The third kappa shape index (κ3) is 5.26. The summed E-state index contributed by atoms with van der Waals surface area (Å²) in [5.74, 6) is -3.96. The van der Waals surface area contributed by atoms with E-state index >= 15 is 8.78 Å². The van der Waals surface area contributed by atoms with E-state index in [1.54, 1.807) is 0 Å². The van der Waals surface area contributed by atoms with Crippen LogP contribution in [0.4, 0.5) is 18.9 Å². The van der Waals surface area contributed by atoms with E-state index in [4.69, 9.17) is 23.2 Å². The summed E-state index contributed by atoms with van der Waals surface area (Å²) in [4.78, 5) is 13.7. The van der Waals surface area contributed by atoms with Gasteiger partial charge in [0.1, 0.15) is 22.9 Å². The molecule has 1 aliphatic heterocycles. The number of halogens is 5. The fourth-order valence-electron chi connectivity index (χ4n) is 5.34. The van der Waals surface area contributed by atoms with Crippen LogP contribution in [0.5, 0.6) is 0 Å². The number of carbonyl (C=O) groups excluding carboxylic acids is 1. The Labute approximate surface area is 229 Å². The molecule has 0 spiro atoms. The first kappa shape index (κ1) is 28.0. The van der Waals surface area contributed by atoms with E-state index in [1.807, 2.05) is 20.8 Å². The van der Waals surface area contributed by atoms with Gasteiger partial charge in [0.05, 0.1) is 17.1 Å². The number of hydrogen-bond donors (Lipinski definition) is 2. The summed E-state index contributed by atoms with van der Waals surface area (Å²) >= 11 is 12.2. The highest BCUT2D eigenvalue weighted by Gasteiger charge is 2.61. The highest BCUT2D eigenvalue weighted by atomic mass is 35.5. The highest BCUT2D eigenvalue weighted by molar-refractivity contribution is 6.31. The molecule has 1 unspecified atom stereocenters. The van der Waals surface area contributed by atoms with E-state index in [-0.39, 0.29) is 32.3 Å². The minimum atomic E-state index is -1.74. The molecular weight excluding hydrogens is 534 g/mol. The largest absolute Gasteiger partial charge is 0.325 e. The lowest BCUT2D eigenvalue weighted by Crippen LogP contribution is -2.45. The molecule has 1 saturated heterocycles. The highest BCUT2D eigenvalue weighted by Crippen LogP contribution is 2.52. The topological polar surface area (TPSA) is 64.9 Å². The number of amides is 1. The van der Waals surface area contributed by atoms with Gasteiger partial charge in [0.15, 0.2) is 0 Å². The van der Waals surface area contributed by atoms with E-state index in [2.05, 4.69) is 16.7 Å². The van der Waals surface area contributed by atoms with Crippen molar-refractivity contribution in [2.24, 2.45) is 5.41 Å². The minimum absolute atomic E-state index is 0.0169. The summed E-state index contributed by atoms with van der Waals surface area (Å²) in [6.45, 7) is 5.85. The molecule has 0 bridgehead atoms. The van der Waals surface area contributed by atoms with Gasteiger partial charge >= 0.3 is 0 Å². The third-order valence-corrected chi connectivity index (χ3v) is 7.35. The van der Waals surface area contributed by atoms with Crippen molar-refractivity contribution in [1.82, 2.24) is 5.32 Å². The predicted molar refractivity (Wildman–Crippen MR) is 143 cm³/mol. The number of nitrogens with one attached hydrogen (secondary N) is 2. The fourth-order valence-corrected chi connectivity index (χ4v) is 5.68. The van der Waals surface area contributed by atoms with Gasteiger partial charge in [-0.2, -0.15) is 5.26 Å². The Balaban J connectivity index is 1.97. The third-order valence-electron chi connectivity index (χ3n) is 6.82. The average molecular weight is 560 g/mol. The molecule has 1 amide bonds. The Bertz CT molecular complexity index is 1420. The van der Waals surface area contributed by atoms with Crippen molar-refractivity contribution in [3.05, 3.63) is 99.3 Å². The molecule has 2 N–H and O–H groups in total. The van der Waals surface area contributed by atoms with Gasteiger partial charge in [-0.1, -0.05) is 68.2 Å². The number of nitrogens with zero attached hydrogens (tertiary/aromatic N) is 1. The van der Waals surface area contributed by atoms with Crippen LogP contribution in [0.25, 0.3) is 0 Å². The standard InChI is InChI=1S/C29H26Cl2F3N3O/c1-28(2,3)14-23-29(15-35,20-11-10-16(30)12-22(20)33)24(19-8-5-9-21(31)25(19)34)26(37-23)27(38)36-18-7-4-6-17(32)13-18/h4-13,23-24,26,37H,14H2,1-3H3,(H,36,38)/t23-,24?,26+,29-/m0/s1. The van der Waals surface area contributed by atoms with Crippen LogP contribution in [-0.2, 0) is 10.2 Å². The summed E-state index contributed by atoms with van der Waals surface area (Å²) in [5.41, 5.74) is -1.96. The van der Waals surface area contributed by atoms with E-state index < -0.39 is 46.8 Å². The molecule has 3 aromatic rings. The Morgan fingerprint density at radius 1 is 1.08 bits per heavy atom. The summed E-state index contributed by atoms with van der Waals surface area (Å²) in [5, 5.41) is 16.6. The molecular formula is C29H26Cl2F3N3O. The quantitative estimate of drug-likeness (QED) is 0.343. The number of nitriles is 1. The monoisotopic (exact) mass is 559 g/mol. The van der Waals surface area contributed by atoms with Gasteiger partial charge in [-0.15, -0.1) is 0 Å². The van der Waals surface area contributed by atoms with Crippen molar-refractivity contribution in [1.29, 1.82) is 5.26 Å². The van der Waals surface area contributed by atoms with Gasteiger partial charge in [-0.25, -0.2) is 13.2 Å². The maximum absolute atomic E-state index is 15.6. The van der Waals surface area contributed by atoms with E-state index in [0.29, 0.717) is 6.42 Å². The molecule has 0 aromatic heterocycles. The molecule has 198 valence electrons. The smallest absolute Gasteiger partial charge is 0.242 e. The van der Waals surface area contributed by atoms with Gasteiger partial charge in [-0.05, 0) is 53.8 Å². The molecule has 1 fully saturated rings. The first-order valence-corrected chi connectivity index (χ1v) is 12.8. The first-order valence-electron chi connectivity index (χ1n) is 12.0. The van der Waals surface area contributed by atoms with Crippen LogP contribution in [0.2, 0.25) is 10.0 Å². The van der Waals surface area contributed by atoms with Gasteiger partial charge in [0, 0.05) is 28.2 Å². The summed E-state index contributed by atoms with van der Waals surface area (Å²) in [6, 6.07) is 13.9. The molecule has 1 heterocycles. The first-order chi connectivity index (χ1) is 17.9. The second-order valence-electron chi connectivity index (χ2n) is 10.7. The average Bonchev–Trinajstić information content (AvgIpc) is 3.14. The number of anilines is 1. The second kappa shape index (κ2) is 10.6. The van der Waals surface area contributed by atoms with Gasteiger partial charge in [0.2, 0.25) is 5.91 Å². The Hall–Kier alpha value is -3.05. The molecule has 9 heteroatoms. The molecule has 0 radical (unpaired) electrons. The zero-order valence-electron chi connectivity index (χ0n) is 21.0. The van der Waals surface area contributed by atoms with E-state index in [9.17, 15) is 14.4 Å². The predicted octanol–water partition coefficient (Wildman–Crippen LogP) is 7.37. The van der Waals surface area contributed by atoms with E-state index in [0.717, 1.165) is 12.1 Å². The van der Waals surface area contributed by atoms with Gasteiger partial charge in [-0.3, -0.25) is 4.79 Å². The number of rotatable bonds is 5. The van der Waals surface area contributed by atoms with Crippen LogP contribution >= 0.6 is 23.2 Å². The lowest BCUT2D eigenvalue weighted by Gasteiger charge is -2.37. The van der Waals surface area contributed by atoms with Crippen molar-refractivity contribution in [3.63, 3.8) is 0 Å². The van der Waals surface area contributed by atoms with Crippen molar-refractivity contribution < 1.29 is 18.0 Å². The Kier molecular flexibility index (Phi) is 7.81. The Morgan fingerprint density at radius 3 is 2.42 bits per heavy atom. The van der Waals surface area contributed by atoms with Crippen LogP contribution in [0.15, 0.2) is 60.7 Å². The van der Waals surface area contributed by atoms with Crippen molar-refractivity contribution in [2.75, 3.05) is 5.32 Å². The molecule has 4 nitrogen and oxygen atoms in total. The summed E-state index contributed by atoms with van der Waals surface area (Å²) < 4.78 is 45.1. The van der Waals surface area contributed by atoms with E-state index in [1.165, 1.54) is 48.5 Å². The molecule has 3 aromatic carbocycles. The molecule has 0 aliphatic carbocycles. The normalized spacial score (nSPS) is 23.2. The Morgan fingerprint density at radius 2 is 1.79 bits per heavy atom. The van der Waals surface area contributed by atoms with Crippen LogP contribution in [0.1, 0.15) is 44.2 Å². The zero-order valence-corrected chi connectivity index (χ0v) is 22.5. The zero-order chi connectivity index (χ0) is 27.8. The molecule has 38 heavy (non-hydrogen) atoms. The van der Waals surface area contributed by atoms with Crippen LogP contribution in [0, 0.1) is 34.2 Å². The van der Waals surface area contributed by atoms with Crippen LogP contribution in [0.3, 0.4) is 0 Å². The number of benzene rings is 3. The molecule has 1 aliphatic rings. The fraction of sp³-hybridized carbons (Fsp3) is 0.310. The SMILES string of the molecule is CC(C)(C)C[C@@H]1N[C@@H](C(=O)Nc2cccc(F)c2)C(c2cccc(Cl)c2F)[C@@]1(C#N)c1ccc(Cl)cc1F. The van der Waals surface area contributed by atoms with Gasteiger partial charge in [0.25, 0.3) is 0 Å². The van der Waals surface area contributed by atoms with Crippen LogP contribution < -0.4 is 10.6 Å². The van der Waals surface area contributed by atoms with Crippen molar-refractivity contribution in [2.45, 2.75) is 50.6 Å². The molecule has 0 saturated carbocycles. The van der Waals surface area contributed by atoms with Crippen molar-refractivity contribution in [3.8, 4) is 6.07 Å². The maximum Gasteiger partial charge on any atom is 0.242 e. The molecule has 4 atom stereocenters. The summed E-state index contributed by atoms with van der Waals surface area (Å²) in [6.07, 6.45) is 0.338. The maximum atomic E-state index is 15.6. The summed E-state index contributed by atoms with van der Waals surface area (Å²) in [7, 11) is 0.